The maximum atomic E-state index is 12.4. The van der Waals surface area contributed by atoms with Gasteiger partial charge in [-0.3, -0.25) is 4.79 Å². The van der Waals surface area contributed by atoms with E-state index in [1.54, 1.807) is 0 Å². The average Bonchev–Trinajstić information content (AvgIpc) is 2.39. The van der Waals surface area contributed by atoms with E-state index in [0.717, 1.165) is 28.8 Å². The highest BCUT2D eigenvalue weighted by molar-refractivity contribution is 9.10. The predicted molar refractivity (Wildman–Crippen MR) is 74.2 cm³/mol. The number of rotatable bonds is 3. The molecule has 0 saturated heterocycles. The average molecular weight is 295 g/mol. The molecule has 0 radical (unpaired) electrons. The highest BCUT2D eigenvalue weighted by Gasteiger charge is 2.26. The third-order valence-electron chi connectivity index (χ3n) is 3.93. The SMILES string of the molecule is CCC1CCC(C(=O)c2ccccc2Br)CC1. The van der Waals surface area contributed by atoms with E-state index in [4.69, 9.17) is 0 Å². The zero-order valence-electron chi connectivity index (χ0n) is 10.3. The summed E-state index contributed by atoms with van der Waals surface area (Å²) in [5.74, 6) is 1.42. The van der Waals surface area contributed by atoms with Crippen LogP contribution < -0.4 is 0 Å². The Morgan fingerprint density at radius 2 is 1.88 bits per heavy atom. The van der Waals surface area contributed by atoms with Gasteiger partial charge in [-0.1, -0.05) is 47.5 Å². The lowest BCUT2D eigenvalue weighted by atomic mass is 9.78. The fourth-order valence-corrected chi connectivity index (χ4v) is 3.19. The molecule has 1 aromatic carbocycles. The van der Waals surface area contributed by atoms with E-state index in [0.29, 0.717) is 5.78 Å². The molecule has 0 atom stereocenters. The Kier molecular flexibility index (Phi) is 4.38. The number of ketones is 1. The second-order valence-corrected chi connectivity index (χ2v) is 5.82. The molecular weight excluding hydrogens is 276 g/mol. The number of benzene rings is 1. The van der Waals surface area contributed by atoms with Crippen LogP contribution in [0.5, 0.6) is 0 Å². The lowest BCUT2D eigenvalue weighted by Gasteiger charge is -2.27. The van der Waals surface area contributed by atoms with Gasteiger partial charge in [-0.25, -0.2) is 0 Å². The van der Waals surface area contributed by atoms with Crippen molar-refractivity contribution in [2.24, 2.45) is 11.8 Å². The van der Waals surface area contributed by atoms with Crippen molar-refractivity contribution >= 4 is 21.7 Å². The Labute approximate surface area is 112 Å². The third kappa shape index (κ3) is 2.98. The fraction of sp³-hybridized carbons (Fsp3) is 0.533. The van der Waals surface area contributed by atoms with Crippen molar-refractivity contribution in [3.05, 3.63) is 34.3 Å². The molecule has 1 nitrogen and oxygen atoms in total. The molecule has 0 aromatic heterocycles. The van der Waals surface area contributed by atoms with Gasteiger partial charge in [0.05, 0.1) is 0 Å². The zero-order chi connectivity index (χ0) is 12.3. The van der Waals surface area contributed by atoms with E-state index in [1.165, 1.54) is 19.3 Å². The van der Waals surface area contributed by atoms with Gasteiger partial charge in [0, 0.05) is 16.0 Å². The van der Waals surface area contributed by atoms with Crippen LogP contribution in [-0.2, 0) is 0 Å². The van der Waals surface area contributed by atoms with E-state index in [9.17, 15) is 4.79 Å². The van der Waals surface area contributed by atoms with Crippen LogP contribution in [0.25, 0.3) is 0 Å². The highest BCUT2D eigenvalue weighted by Crippen LogP contribution is 2.33. The van der Waals surface area contributed by atoms with E-state index in [-0.39, 0.29) is 5.92 Å². The molecule has 2 rings (SSSR count). The fourth-order valence-electron chi connectivity index (χ4n) is 2.71. The Bertz CT molecular complexity index is 392. The minimum atomic E-state index is 0.247. The molecule has 17 heavy (non-hydrogen) atoms. The van der Waals surface area contributed by atoms with Crippen molar-refractivity contribution in [1.82, 2.24) is 0 Å². The van der Waals surface area contributed by atoms with E-state index in [2.05, 4.69) is 22.9 Å². The molecule has 0 unspecified atom stereocenters. The van der Waals surface area contributed by atoms with Gasteiger partial charge < -0.3 is 0 Å². The molecule has 92 valence electrons. The summed E-state index contributed by atoms with van der Waals surface area (Å²) < 4.78 is 0.933. The summed E-state index contributed by atoms with van der Waals surface area (Å²) in [5, 5.41) is 0. The Morgan fingerprint density at radius 3 is 2.47 bits per heavy atom. The van der Waals surface area contributed by atoms with Crippen LogP contribution in [0, 0.1) is 11.8 Å². The van der Waals surface area contributed by atoms with Crippen molar-refractivity contribution in [2.75, 3.05) is 0 Å². The first-order valence-corrected chi connectivity index (χ1v) is 7.30. The first-order valence-electron chi connectivity index (χ1n) is 6.51. The summed E-state index contributed by atoms with van der Waals surface area (Å²) in [6.07, 6.45) is 5.84. The summed E-state index contributed by atoms with van der Waals surface area (Å²) in [6.45, 7) is 2.25. The minimum absolute atomic E-state index is 0.247. The molecule has 1 aliphatic carbocycles. The molecule has 1 fully saturated rings. The number of carbonyl (C=O) groups is 1. The molecule has 0 N–H and O–H groups in total. The number of hydrogen-bond acceptors (Lipinski definition) is 1. The van der Waals surface area contributed by atoms with Gasteiger partial charge >= 0.3 is 0 Å². The predicted octanol–water partition coefficient (Wildman–Crippen LogP) is 4.85. The Morgan fingerprint density at radius 1 is 1.24 bits per heavy atom. The van der Waals surface area contributed by atoms with Gasteiger partial charge in [-0.2, -0.15) is 0 Å². The standard InChI is InChI=1S/C15H19BrO/c1-2-11-7-9-12(10-8-11)15(17)13-5-3-4-6-14(13)16/h3-6,11-12H,2,7-10H2,1H3. The number of hydrogen-bond donors (Lipinski definition) is 0. The Hall–Kier alpha value is -0.630. The maximum Gasteiger partial charge on any atom is 0.167 e. The third-order valence-corrected chi connectivity index (χ3v) is 4.63. The molecule has 1 saturated carbocycles. The van der Waals surface area contributed by atoms with Gasteiger partial charge in [0.1, 0.15) is 0 Å². The molecule has 0 aliphatic heterocycles. The number of Topliss-reactive ketones (excluding diaryl/α,β-unsaturated/α-hetero) is 1. The lowest BCUT2D eigenvalue weighted by molar-refractivity contribution is 0.0870. The molecule has 2 heteroatoms. The summed E-state index contributed by atoms with van der Waals surface area (Å²) in [5.41, 5.74) is 0.854. The second-order valence-electron chi connectivity index (χ2n) is 4.97. The smallest absolute Gasteiger partial charge is 0.167 e. The van der Waals surface area contributed by atoms with Gasteiger partial charge in [-0.05, 0) is 37.7 Å². The number of halogens is 1. The normalized spacial score (nSPS) is 24.6. The van der Waals surface area contributed by atoms with Crippen LogP contribution >= 0.6 is 15.9 Å². The Balaban J connectivity index is 2.04. The van der Waals surface area contributed by atoms with Crippen LogP contribution in [0.2, 0.25) is 0 Å². The lowest BCUT2D eigenvalue weighted by Crippen LogP contribution is -2.22. The van der Waals surface area contributed by atoms with Crippen molar-refractivity contribution in [3.63, 3.8) is 0 Å². The summed E-state index contributed by atoms with van der Waals surface area (Å²) in [6, 6.07) is 7.77. The largest absolute Gasteiger partial charge is 0.294 e. The van der Waals surface area contributed by atoms with Gasteiger partial charge in [-0.15, -0.1) is 0 Å². The van der Waals surface area contributed by atoms with Gasteiger partial charge in [0.15, 0.2) is 5.78 Å². The second kappa shape index (κ2) is 5.81. The van der Waals surface area contributed by atoms with Gasteiger partial charge in [0.2, 0.25) is 0 Å². The first kappa shape index (κ1) is 12.8. The van der Waals surface area contributed by atoms with Crippen molar-refractivity contribution in [1.29, 1.82) is 0 Å². The molecule has 0 bridgehead atoms. The quantitative estimate of drug-likeness (QED) is 0.729. The highest BCUT2D eigenvalue weighted by atomic mass is 79.9. The van der Waals surface area contributed by atoms with E-state index < -0.39 is 0 Å². The molecule has 1 aliphatic rings. The van der Waals surface area contributed by atoms with E-state index >= 15 is 0 Å². The monoisotopic (exact) mass is 294 g/mol. The summed E-state index contributed by atoms with van der Waals surface area (Å²) in [7, 11) is 0. The first-order chi connectivity index (χ1) is 8.22. The van der Waals surface area contributed by atoms with Crippen LogP contribution in [-0.4, -0.2) is 5.78 Å². The van der Waals surface area contributed by atoms with Gasteiger partial charge in [0.25, 0.3) is 0 Å². The summed E-state index contributed by atoms with van der Waals surface area (Å²) >= 11 is 3.47. The van der Waals surface area contributed by atoms with Crippen molar-refractivity contribution in [3.8, 4) is 0 Å². The molecule has 0 heterocycles. The van der Waals surface area contributed by atoms with Crippen molar-refractivity contribution < 1.29 is 4.79 Å². The molecular formula is C15H19BrO. The maximum absolute atomic E-state index is 12.4. The summed E-state index contributed by atoms with van der Waals surface area (Å²) in [4.78, 5) is 12.4. The van der Waals surface area contributed by atoms with Crippen molar-refractivity contribution in [2.45, 2.75) is 39.0 Å². The molecule has 0 amide bonds. The molecule has 1 aromatic rings. The number of carbonyl (C=O) groups excluding carboxylic acids is 1. The van der Waals surface area contributed by atoms with Crippen LogP contribution in [0.4, 0.5) is 0 Å². The topological polar surface area (TPSA) is 17.1 Å². The molecule has 0 spiro atoms. The zero-order valence-corrected chi connectivity index (χ0v) is 11.9. The van der Waals surface area contributed by atoms with Crippen LogP contribution in [0.1, 0.15) is 49.4 Å². The van der Waals surface area contributed by atoms with Crippen LogP contribution in [0.3, 0.4) is 0 Å². The van der Waals surface area contributed by atoms with Crippen LogP contribution in [0.15, 0.2) is 28.7 Å². The van der Waals surface area contributed by atoms with E-state index in [1.807, 2.05) is 24.3 Å². The minimum Gasteiger partial charge on any atom is -0.294 e.